The summed E-state index contributed by atoms with van der Waals surface area (Å²) in [6.45, 7) is 5.40. The van der Waals surface area contributed by atoms with Crippen molar-refractivity contribution in [3.8, 4) is 0 Å². The zero-order valence-electron chi connectivity index (χ0n) is 12.7. The molecule has 2 amide bonds. The number of hydrogen-bond acceptors (Lipinski definition) is 4. The van der Waals surface area contributed by atoms with Gasteiger partial charge in [0, 0.05) is 25.5 Å². The Balaban J connectivity index is 0.00000220. The Hall–Kier alpha value is -1.45. The Labute approximate surface area is 135 Å². The van der Waals surface area contributed by atoms with E-state index >= 15 is 0 Å². The number of aromatic nitrogens is 2. The number of hydrogen-bond donors (Lipinski definition) is 1. The van der Waals surface area contributed by atoms with Gasteiger partial charge >= 0.3 is 24.9 Å². The fourth-order valence-corrected chi connectivity index (χ4v) is 2.27. The molecule has 0 unspecified atom stereocenters. The van der Waals surface area contributed by atoms with Gasteiger partial charge in [0.15, 0.2) is 0 Å². The van der Waals surface area contributed by atoms with Gasteiger partial charge in [-0.25, -0.2) is 9.78 Å². The molecule has 1 N–H and O–H groups in total. The Bertz CT molecular complexity index is 503. The van der Waals surface area contributed by atoms with E-state index in [2.05, 4.69) is 10.3 Å². The van der Waals surface area contributed by atoms with Crippen molar-refractivity contribution in [1.82, 2.24) is 19.8 Å². The fraction of sp³-hybridized carbons (Fsp3) is 0.615. The number of fused-ring (bicyclic) bond motifs is 1. The monoisotopic (exact) mass is 286 g/mol. The fourth-order valence-electron chi connectivity index (χ4n) is 2.27. The second-order valence-corrected chi connectivity index (χ2v) is 5.41. The van der Waals surface area contributed by atoms with Crippen LogP contribution in [0.5, 0.6) is 0 Å². The van der Waals surface area contributed by atoms with Crippen molar-refractivity contribution in [3.63, 3.8) is 0 Å². The van der Waals surface area contributed by atoms with E-state index in [-0.39, 0.29) is 30.8 Å². The summed E-state index contributed by atoms with van der Waals surface area (Å²) in [5.74, 6) is -0.274. The third-order valence-electron chi connectivity index (χ3n) is 3.32. The van der Waals surface area contributed by atoms with Gasteiger partial charge in [-0.15, -0.1) is 0 Å². The predicted octanol–water partition coefficient (Wildman–Crippen LogP) is -3.42. The van der Waals surface area contributed by atoms with Gasteiger partial charge in [0.2, 0.25) is 0 Å². The first-order valence-electron chi connectivity index (χ1n) is 6.73. The first-order chi connectivity index (χ1) is 9.47. The summed E-state index contributed by atoms with van der Waals surface area (Å²) in [4.78, 5) is 28.9. The molecule has 0 aromatic carbocycles. The van der Waals surface area contributed by atoms with E-state index in [1.165, 1.54) is 0 Å². The van der Waals surface area contributed by atoms with Crippen molar-refractivity contribution in [2.75, 3.05) is 6.54 Å². The molecule has 1 aliphatic heterocycles. The SMILES string of the molecule is CC(C)C[C@H](NC(=O)N1CCn2ccnc2C1)C(=O)[O-].[Li+]. The summed E-state index contributed by atoms with van der Waals surface area (Å²) in [7, 11) is 0. The van der Waals surface area contributed by atoms with Crippen molar-refractivity contribution >= 4 is 12.0 Å². The van der Waals surface area contributed by atoms with Crippen molar-refractivity contribution in [1.29, 1.82) is 0 Å². The standard InChI is InChI=1S/C13H20N4O3.Li/c1-9(2)7-10(12(18)19)15-13(20)17-6-5-16-4-3-14-11(16)8-17;/h3-4,9-10H,5-8H2,1-2H3,(H,15,20)(H,18,19);/q;+1/p-1/t10-;/m0./s1. The Kier molecular flexibility index (Phi) is 6.31. The van der Waals surface area contributed by atoms with Crippen LogP contribution in [0.25, 0.3) is 0 Å². The molecule has 1 aromatic heterocycles. The molecule has 0 radical (unpaired) electrons. The van der Waals surface area contributed by atoms with Crippen LogP contribution < -0.4 is 29.3 Å². The Morgan fingerprint density at radius 2 is 2.14 bits per heavy atom. The van der Waals surface area contributed by atoms with E-state index in [0.717, 1.165) is 5.82 Å². The zero-order valence-corrected chi connectivity index (χ0v) is 12.7. The molecule has 110 valence electrons. The minimum absolute atomic E-state index is 0. The minimum Gasteiger partial charge on any atom is -0.548 e. The van der Waals surface area contributed by atoms with Crippen LogP contribution >= 0.6 is 0 Å². The molecular weight excluding hydrogens is 267 g/mol. The van der Waals surface area contributed by atoms with E-state index in [0.29, 0.717) is 26.1 Å². The van der Waals surface area contributed by atoms with Crippen LogP contribution in [-0.4, -0.2) is 39.0 Å². The number of nitrogens with one attached hydrogen (secondary N) is 1. The van der Waals surface area contributed by atoms with Gasteiger partial charge in [-0.3, -0.25) is 0 Å². The molecule has 1 aliphatic rings. The number of carbonyl (C=O) groups is 2. The van der Waals surface area contributed by atoms with E-state index in [1.54, 1.807) is 11.1 Å². The Morgan fingerprint density at radius 1 is 1.43 bits per heavy atom. The maximum absolute atomic E-state index is 12.1. The molecule has 0 saturated carbocycles. The summed E-state index contributed by atoms with van der Waals surface area (Å²) >= 11 is 0. The van der Waals surface area contributed by atoms with Gasteiger partial charge in [0.1, 0.15) is 5.82 Å². The van der Waals surface area contributed by atoms with Crippen molar-refractivity contribution in [2.45, 2.75) is 39.4 Å². The van der Waals surface area contributed by atoms with Crippen LogP contribution in [0.4, 0.5) is 4.79 Å². The smallest absolute Gasteiger partial charge is 0.548 e. The predicted molar refractivity (Wildman–Crippen MR) is 69.4 cm³/mol. The van der Waals surface area contributed by atoms with Crippen LogP contribution in [0, 0.1) is 5.92 Å². The number of urea groups is 1. The largest absolute Gasteiger partial charge is 1.00 e. The van der Waals surface area contributed by atoms with Gasteiger partial charge in [-0.1, -0.05) is 13.8 Å². The number of rotatable bonds is 4. The summed E-state index contributed by atoms with van der Waals surface area (Å²) < 4.78 is 1.98. The van der Waals surface area contributed by atoms with Crippen LogP contribution in [0.2, 0.25) is 0 Å². The van der Waals surface area contributed by atoms with Crippen LogP contribution in [-0.2, 0) is 17.9 Å². The quantitative estimate of drug-likeness (QED) is 0.584. The second-order valence-electron chi connectivity index (χ2n) is 5.41. The molecule has 1 atom stereocenters. The first kappa shape index (κ1) is 17.6. The number of carboxylic acid groups (broad SMARTS) is 1. The number of aliphatic carboxylic acids is 1. The third-order valence-corrected chi connectivity index (χ3v) is 3.32. The second kappa shape index (κ2) is 7.53. The average Bonchev–Trinajstić information content (AvgIpc) is 2.84. The molecular formula is C13H19LiN4O3. The number of imidazole rings is 1. The van der Waals surface area contributed by atoms with Gasteiger partial charge in [-0.05, 0) is 12.3 Å². The number of amides is 2. The molecule has 7 nitrogen and oxygen atoms in total. The molecule has 0 fully saturated rings. The molecule has 8 heteroatoms. The number of carbonyl (C=O) groups excluding carboxylic acids is 2. The van der Waals surface area contributed by atoms with Crippen LogP contribution in [0.3, 0.4) is 0 Å². The summed E-state index contributed by atoms with van der Waals surface area (Å²) in [6, 6.07) is -1.33. The van der Waals surface area contributed by atoms with E-state index in [4.69, 9.17) is 0 Å². The molecule has 0 saturated heterocycles. The molecule has 0 spiro atoms. The molecule has 1 aromatic rings. The Morgan fingerprint density at radius 3 is 2.76 bits per heavy atom. The molecule has 0 bridgehead atoms. The minimum atomic E-state index is -1.24. The summed E-state index contributed by atoms with van der Waals surface area (Å²) in [6.07, 6.45) is 3.92. The van der Waals surface area contributed by atoms with Crippen LogP contribution in [0.1, 0.15) is 26.1 Å². The summed E-state index contributed by atoms with van der Waals surface area (Å²) in [5, 5.41) is 13.6. The molecule has 21 heavy (non-hydrogen) atoms. The normalized spacial score (nSPS) is 15.1. The van der Waals surface area contributed by atoms with E-state index in [1.807, 2.05) is 24.6 Å². The van der Waals surface area contributed by atoms with Crippen LogP contribution in [0.15, 0.2) is 12.4 Å². The summed E-state index contributed by atoms with van der Waals surface area (Å²) in [5.41, 5.74) is 0. The van der Waals surface area contributed by atoms with Crippen molar-refractivity contribution in [3.05, 3.63) is 18.2 Å². The van der Waals surface area contributed by atoms with Gasteiger partial charge in [-0.2, -0.15) is 0 Å². The van der Waals surface area contributed by atoms with Gasteiger partial charge < -0.3 is 24.7 Å². The average molecular weight is 286 g/mol. The van der Waals surface area contributed by atoms with Crippen molar-refractivity contribution in [2.24, 2.45) is 5.92 Å². The number of nitrogens with zero attached hydrogens (tertiary/aromatic N) is 3. The molecule has 2 heterocycles. The first-order valence-corrected chi connectivity index (χ1v) is 6.73. The van der Waals surface area contributed by atoms with E-state index in [9.17, 15) is 14.7 Å². The van der Waals surface area contributed by atoms with Gasteiger partial charge in [0.05, 0.1) is 18.6 Å². The topological polar surface area (TPSA) is 90.3 Å². The van der Waals surface area contributed by atoms with Crippen molar-refractivity contribution < 1.29 is 33.6 Å². The maximum Gasteiger partial charge on any atom is 1.00 e. The maximum atomic E-state index is 12.1. The molecule has 2 rings (SSSR count). The molecule has 0 aliphatic carbocycles. The van der Waals surface area contributed by atoms with E-state index < -0.39 is 12.0 Å². The zero-order chi connectivity index (χ0) is 14.7. The number of carboxylic acids is 1. The van der Waals surface area contributed by atoms with Gasteiger partial charge in [0.25, 0.3) is 0 Å². The third kappa shape index (κ3) is 4.51.